The molecule has 13 heteroatoms. The van der Waals surface area contributed by atoms with Crippen LogP contribution in [0.5, 0.6) is 5.75 Å². The number of halogens is 3. The summed E-state index contributed by atoms with van der Waals surface area (Å²) in [5.41, 5.74) is 10.9. The van der Waals surface area contributed by atoms with Crippen LogP contribution < -0.4 is 25.8 Å². The predicted molar refractivity (Wildman–Crippen MR) is 168 cm³/mol. The molecule has 6 N–H and O–H groups in total. The van der Waals surface area contributed by atoms with Crippen LogP contribution in [0.15, 0.2) is 61.1 Å². The van der Waals surface area contributed by atoms with Gasteiger partial charge in [0.1, 0.15) is 23.5 Å². The number of aromatic nitrogens is 3. The van der Waals surface area contributed by atoms with E-state index in [1.54, 1.807) is 56.7 Å². The molecule has 2 fully saturated rings. The second kappa shape index (κ2) is 12.0. The van der Waals surface area contributed by atoms with Gasteiger partial charge in [0.2, 0.25) is 0 Å². The van der Waals surface area contributed by atoms with Crippen molar-refractivity contribution >= 4 is 34.9 Å². The lowest BCUT2D eigenvalue weighted by Gasteiger charge is -2.54. The normalized spacial score (nSPS) is 16.3. The van der Waals surface area contributed by atoms with Crippen molar-refractivity contribution < 1.29 is 17.9 Å². The van der Waals surface area contributed by atoms with Crippen molar-refractivity contribution in [3.8, 4) is 16.9 Å². The molecule has 0 amide bonds. The van der Waals surface area contributed by atoms with Gasteiger partial charge >= 0.3 is 5.76 Å². The van der Waals surface area contributed by atoms with Gasteiger partial charge in [-0.3, -0.25) is 10.1 Å². The number of nitrogens with one attached hydrogen (secondary N) is 4. The van der Waals surface area contributed by atoms with Crippen molar-refractivity contribution in [2.45, 2.75) is 37.7 Å². The van der Waals surface area contributed by atoms with Crippen LogP contribution >= 0.6 is 11.9 Å². The minimum atomic E-state index is -2.66. The van der Waals surface area contributed by atoms with Gasteiger partial charge in [-0.2, -0.15) is 13.9 Å². The van der Waals surface area contributed by atoms with Gasteiger partial charge in [-0.1, -0.05) is 18.2 Å². The largest absolute Gasteiger partial charge is 0.484 e. The summed E-state index contributed by atoms with van der Waals surface area (Å²) in [6.07, 6.45) is 7.14. The highest BCUT2D eigenvalue weighted by molar-refractivity contribution is 8.00. The number of rotatable bonds is 11. The number of nitrogen functional groups attached to an aromatic ring is 1. The first-order valence-electron chi connectivity index (χ1n) is 14.2. The van der Waals surface area contributed by atoms with Crippen molar-refractivity contribution in [3.05, 3.63) is 83.6 Å². The Morgan fingerprint density at radius 1 is 1.18 bits per heavy atom. The Morgan fingerprint density at radius 2 is 1.93 bits per heavy atom. The molecular weight excluding hydrogens is 589 g/mol. The molecule has 4 aromatic rings. The van der Waals surface area contributed by atoms with E-state index in [2.05, 4.69) is 25.4 Å². The van der Waals surface area contributed by atoms with E-state index in [1.807, 2.05) is 10.9 Å². The summed E-state index contributed by atoms with van der Waals surface area (Å²) in [4.78, 5) is 4.42. The fourth-order valence-corrected chi connectivity index (χ4v) is 6.32. The maximum absolute atomic E-state index is 13.5. The highest BCUT2D eigenvalue weighted by Gasteiger charge is 2.49. The van der Waals surface area contributed by atoms with Gasteiger partial charge in [-0.15, -0.1) is 0 Å². The Bertz CT molecular complexity index is 1670. The van der Waals surface area contributed by atoms with Gasteiger partial charge < -0.3 is 25.8 Å². The van der Waals surface area contributed by atoms with Crippen LogP contribution in [0.1, 0.15) is 48.6 Å². The second-order valence-corrected chi connectivity index (χ2v) is 12.1. The number of hydrogen-bond acceptors (Lipinski definition) is 9. The van der Waals surface area contributed by atoms with Gasteiger partial charge in [0.15, 0.2) is 0 Å². The Kier molecular flexibility index (Phi) is 8.16. The molecule has 6 rings (SSSR count). The maximum Gasteiger partial charge on any atom is 0.302 e. The molecule has 1 unspecified atom stereocenters. The van der Waals surface area contributed by atoms with Crippen molar-refractivity contribution in [2.24, 2.45) is 5.41 Å². The molecule has 0 bridgehead atoms. The predicted octanol–water partition coefficient (Wildman–Crippen LogP) is 6.47. The van der Waals surface area contributed by atoms with E-state index in [1.165, 1.54) is 12.1 Å². The first-order valence-corrected chi connectivity index (χ1v) is 15.1. The van der Waals surface area contributed by atoms with Crippen molar-refractivity contribution in [1.29, 1.82) is 5.41 Å². The third-order valence-electron chi connectivity index (χ3n) is 8.40. The Balaban J connectivity index is 1.30. The van der Waals surface area contributed by atoms with Gasteiger partial charge in [0.25, 0.3) is 0 Å². The molecule has 2 aromatic carbocycles. The number of nitrogens with zero attached hydrogens (tertiary/aromatic N) is 3. The number of ether oxygens (including phenoxy) is 1. The van der Waals surface area contributed by atoms with E-state index in [9.17, 15) is 18.6 Å². The SMILES string of the molecule is CNc1c(-c2cnn(C3CC4(CNC4)C3)c2)cnc(N)c1C(=N)c1ccc(NSC(F)F)c(OC(C)c2ccc(F)cc2)c1. The van der Waals surface area contributed by atoms with E-state index in [0.29, 0.717) is 39.5 Å². The molecule has 1 atom stereocenters. The van der Waals surface area contributed by atoms with Crippen LogP contribution in [-0.4, -0.2) is 46.4 Å². The van der Waals surface area contributed by atoms with Crippen molar-refractivity contribution in [3.63, 3.8) is 0 Å². The lowest BCUT2D eigenvalue weighted by Crippen LogP contribution is -2.60. The Labute approximate surface area is 257 Å². The summed E-state index contributed by atoms with van der Waals surface area (Å²) >= 11 is 0.238. The fourth-order valence-electron chi connectivity index (χ4n) is 5.93. The molecule has 230 valence electrons. The Morgan fingerprint density at radius 3 is 2.59 bits per heavy atom. The standard InChI is InChI=1S/C31H33F3N8OS/c1-17(18-3-6-21(32)7-4-18)43-25-9-19(5-8-24(25)41-44-30(33)34)27(35)26-28(37-2)23(13-39-29(26)36)20-12-40-42(14-20)22-10-31(11-22)15-38-16-31/h3-9,12-14,17,22,30,35,38,41H,10-11,15-16H2,1-2H3,(H3,36,37,39). The fraction of sp³-hybridized carbons (Fsp3) is 0.323. The molecule has 1 saturated heterocycles. The van der Waals surface area contributed by atoms with E-state index in [0.717, 1.165) is 37.1 Å². The lowest BCUT2D eigenvalue weighted by molar-refractivity contribution is 0.00238. The molecule has 1 saturated carbocycles. The van der Waals surface area contributed by atoms with Gasteiger partial charge in [-0.05, 0) is 55.0 Å². The number of alkyl halides is 2. The molecular formula is C31H33F3N8OS. The molecule has 9 nitrogen and oxygen atoms in total. The van der Waals surface area contributed by atoms with Crippen LogP contribution in [0.2, 0.25) is 0 Å². The monoisotopic (exact) mass is 622 g/mol. The minimum Gasteiger partial charge on any atom is -0.484 e. The van der Waals surface area contributed by atoms with Crippen LogP contribution in [0.4, 0.5) is 30.4 Å². The first-order chi connectivity index (χ1) is 21.2. The molecule has 3 heterocycles. The smallest absolute Gasteiger partial charge is 0.302 e. The van der Waals surface area contributed by atoms with Crippen LogP contribution in [0, 0.1) is 16.6 Å². The summed E-state index contributed by atoms with van der Waals surface area (Å²) in [7, 11) is 1.76. The number of benzene rings is 2. The molecule has 2 aromatic heterocycles. The van der Waals surface area contributed by atoms with Crippen LogP contribution in [0.25, 0.3) is 11.1 Å². The molecule has 0 radical (unpaired) electrons. The summed E-state index contributed by atoms with van der Waals surface area (Å²) in [6.45, 7) is 3.90. The average molecular weight is 623 g/mol. The zero-order valence-electron chi connectivity index (χ0n) is 24.2. The lowest BCUT2D eigenvalue weighted by atomic mass is 9.62. The van der Waals surface area contributed by atoms with Crippen LogP contribution in [0.3, 0.4) is 0 Å². The van der Waals surface area contributed by atoms with Gasteiger partial charge in [-0.25, -0.2) is 9.37 Å². The van der Waals surface area contributed by atoms with Gasteiger partial charge in [0.05, 0.1) is 34.9 Å². The van der Waals surface area contributed by atoms with Crippen molar-refractivity contribution in [2.75, 3.05) is 35.9 Å². The Hall–Kier alpha value is -4.23. The molecule has 1 aliphatic carbocycles. The molecule has 2 aliphatic rings. The maximum atomic E-state index is 13.5. The van der Waals surface area contributed by atoms with E-state index in [-0.39, 0.29) is 35.0 Å². The quantitative estimate of drug-likeness (QED) is 0.0952. The highest BCUT2D eigenvalue weighted by atomic mass is 32.2. The number of hydrogen-bond donors (Lipinski definition) is 5. The third-order valence-corrected chi connectivity index (χ3v) is 8.92. The topological polar surface area (TPSA) is 126 Å². The zero-order valence-corrected chi connectivity index (χ0v) is 25.0. The molecule has 1 spiro atoms. The van der Waals surface area contributed by atoms with Crippen LogP contribution in [-0.2, 0) is 0 Å². The summed E-state index contributed by atoms with van der Waals surface area (Å²) < 4.78 is 50.3. The first kappa shape index (κ1) is 29.8. The average Bonchev–Trinajstić information content (AvgIpc) is 3.44. The summed E-state index contributed by atoms with van der Waals surface area (Å²) in [5, 5.41) is 20.4. The van der Waals surface area contributed by atoms with Crippen molar-refractivity contribution in [1.82, 2.24) is 20.1 Å². The number of anilines is 3. The number of nitrogens with two attached hydrogens (primary N) is 1. The highest BCUT2D eigenvalue weighted by Crippen LogP contribution is 2.51. The van der Waals surface area contributed by atoms with E-state index >= 15 is 0 Å². The van der Waals surface area contributed by atoms with E-state index in [4.69, 9.17) is 10.5 Å². The summed E-state index contributed by atoms with van der Waals surface area (Å²) in [6, 6.07) is 11.0. The third kappa shape index (κ3) is 5.81. The second-order valence-electron chi connectivity index (χ2n) is 11.3. The minimum absolute atomic E-state index is 0.0688. The van der Waals surface area contributed by atoms with E-state index < -0.39 is 11.9 Å². The molecule has 44 heavy (non-hydrogen) atoms. The van der Waals surface area contributed by atoms with Gasteiger partial charge in [0, 0.05) is 61.2 Å². The molecule has 1 aliphatic heterocycles. The number of pyridine rings is 1. The zero-order chi connectivity index (χ0) is 31.0. The summed E-state index contributed by atoms with van der Waals surface area (Å²) in [5.74, 6) is -2.64.